The minimum Gasteiger partial charge on any atom is -0.345 e. The van der Waals surface area contributed by atoms with E-state index in [4.69, 9.17) is 23.2 Å². The Bertz CT molecular complexity index is 1310. The van der Waals surface area contributed by atoms with E-state index in [0.29, 0.717) is 21.4 Å². The average Bonchev–Trinajstić information content (AvgIpc) is 3.21. The van der Waals surface area contributed by atoms with Crippen molar-refractivity contribution in [2.75, 3.05) is 0 Å². The van der Waals surface area contributed by atoms with Crippen molar-refractivity contribution in [1.82, 2.24) is 20.1 Å². The molecule has 1 N–H and O–H groups in total. The highest BCUT2D eigenvalue weighted by Gasteiger charge is 2.18. The highest BCUT2D eigenvalue weighted by Crippen LogP contribution is 2.29. The molecule has 0 saturated carbocycles. The fourth-order valence-corrected chi connectivity index (χ4v) is 4.78. The highest BCUT2D eigenvalue weighted by molar-refractivity contribution is 7.98. The van der Waals surface area contributed by atoms with Crippen LogP contribution >= 0.6 is 35.0 Å². The summed E-state index contributed by atoms with van der Waals surface area (Å²) in [5, 5.41) is 13.6. The maximum Gasteiger partial charge on any atom is 0.251 e. The predicted molar refractivity (Wildman–Crippen MR) is 134 cm³/mol. The van der Waals surface area contributed by atoms with Crippen molar-refractivity contribution in [2.24, 2.45) is 0 Å². The van der Waals surface area contributed by atoms with Crippen molar-refractivity contribution in [3.63, 3.8) is 0 Å². The summed E-state index contributed by atoms with van der Waals surface area (Å²) in [7, 11) is 0. The second-order valence-electron chi connectivity index (χ2n) is 7.57. The van der Waals surface area contributed by atoms with E-state index in [1.807, 2.05) is 41.8 Å². The van der Waals surface area contributed by atoms with Crippen molar-refractivity contribution >= 4 is 40.9 Å². The van der Waals surface area contributed by atoms with E-state index in [-0.39, 0.29) is 12.5 Å². The quantitative estimate of drug-likeness (QED) is 0.300. The first-order chi connectivity index (χ1) is 15.9. The first-order valence-corrected chi connectivity index (χ1v) is 12.1. The first kappa shape index (κ1) is 23.4. The Morgan fingerprint density at radius 2 is 1.73 bits per heavy atom. The smallest absolute Gasteiger partial charge is 0.251 e. The molecular formula is C25H22Cl2N4OS. The molecule has 168 valence electrons. The van der Waals surface area contributed by atoms with E-state index < -0.39 is 0 Å². The summed E-state index contributed by atoms with van der Waals surface area (Å²) in [5.41, 5.74) is 4.85. The Hall–Kier alpha value is -2.80. The van der Waals surface area contributed by atoms with Gasteiger partial charge in [0.05, 0.1) is 12.2 Å². The number of benzene rings is 3. The van der Waals surface area contributed by atoms with Crippen LogP contribution in [-0.4, -0.2) is 20.7 Å². The third kappa shape index (κ3) is 5.58. The third-order valence-corrected chi connectivity index (χ3v) is 6.67. The Morgan fingerprint density at radius 1 is 0.939 bits per heavy atom. The van der Waals surface area contributed by atoms with Crippen molar-refractivity contribution in [2.45, 2.75) is 31.3 Å². The van der Waals surface area contributed by atoms with Crippen LogP contribution in [0.15, 0.2) is 71.9 Å². The fourth-order valence-electron chi connectivity index (χ4n) is 3.38. The zero-order chi connectivity index (χ0) is 23.4. The maximum absolute atomic E-state index is 12.6. The molecule has 33 heavy (non-hydrogen) atoms. The van der Waals surface area contributed by atoms with Crippen LogP contribution in [0, 0.1) is 13.8 Å². The van der Waals surface area contributed by atoms with Crippen LogP contribution in [0.1, 0.15) is 32.9 Å². The number of amides is 1. The van der Waals surface area contributed by atoms with E-state index in [9.17, 15) is 4.79 Å². The Labute approximate surface area is 207 Å². The lowest BCUT2D eigenvalue weighted by Gasteiger charge is -2.14. The summed E-state index contributed by atoms with van der Waals surface area (Å²) >= 11 is 13.9. The van der Waals surface area contributed by atoms with Gasteiger partial charge in [-0.2, -0.15) is 0 Å². The van der Waals surface area contributed by atoms with Crippen LogP contribution in [0.3, 0.4) is 0 Å². The van der Waals surface area contributed by atoms with Crippen molar-refractivity contribution < 1.29 is 4.79 Å². The van der Waals surface area contributed by atoms with E-state index in [1.165, 1.54) is 11.1 Å². The Morgan fingerprint density at radius 3 is 2.52 bits per heavy atom. The van der Waals surface area contributed by atoms with Crippen LogP contribution in [-0.2, 0) is 12.3 Å². The number of aryl methyl sites for hydroxylation is 2. The molecule has 0 bridgehead atoms. The molecule has 0 aliphatic carbocycles. The van der Waals surface area contributed by atoms with Gasteiger partial charge in [-0.3, -0.25) is 9.36 Å². The van der Waals surface area contributed by atoms with Crippen molar-refractivity contribution in [3.8, 4) is 5.69 Å². The zero-order valence-corrected chi connectivity index (χ0v) is 20.5. The molecule has 5 nitrogen and oxygen atoms in total. The second kappa shape index (κ2) is 10.4. The summed E-state index contributed by atoms with van der Waals surface area (Å²) in [6.45, 7) is 4.31. The number of nitrogens with zero attached hydrogens (tertiary/aromatic N) is 3. The molecule has 0 unspecified atom stereocenters. The Kier molecular flexibility index (Phi) is 7.38. The van der Waals surface area contributed by atoms with Gasteiger partial charge >= 0.3 is 0 Å². The molecule has 0 saturated heterocycles. The van der Waals surface area contributed by atoms with Gasteiger partial charge in [0.1, 0.15) is 0 Å². The van der Waals surface area contributed by atoms with Gasteiger partial charge < -0.3 is 5.32 Å². The molecule has 1 heterocycles. The van der Waals surface area contributed by atoms with Gasteiger partial charge in [-0.05, 0) is 60.9 Å². The summed E-state index contributed by atoms with van der Waals surface area (Å²) in [5.74, 6) is 1.13. The zero-order valence-electron chi connectivity index (χ0n) is 18.2. The van der Waals surface area contributed by atoms with Gasteiger partial charge in [-0.25, -0.2) is 0 Å². The number of nitrogens with one attached hydrogen (secondary N) is 1. The number of hydrogen-bond donors (Lipinski definition) is 1. The molecule has 0 atom stereocenters. The van der Waals surface area contributed by atoms with Crippen LogP contribution in [0.5, 0.6) is 0 Å². The van der Waals surface area contributed by atoms with Gasteiger partial charge in [0.25, 0.3) is 5.91 Å². The Balaban J connectivity index is 1.63. The summed E-state index contributed by atoms with van der Waals surface area (Å²) in [6.07, 6.45) is 0. The van der Waals surface area contributed by atoms with Crippen LogP contribution < -0.4 is 5.32 Å². The van der Waals surface area contributed by atoms with Crippen LogP contribution in [0.25, 0.3) is 5.69 Å². The maximum atomic E-state index is 12.6. The lowest BCUT2D eigenvalue weighted by atomic mass is 10.1. The van der Waals surface area contributed by atoms with Crippen LogP contribution in [0.4, 0.5) is 0 Å². The summed E-state index contributed by atoms with van der Waals surface area (Å²) < 4.78 is 1.96. The number of carbonyl (C=O) groups excluding carboxylic acids is 1. The van der Waals surface area contributed by atoms with Gasteiger partial charge in [0.2, 0.25) is 0 Å². The highest BCUT2D eigenvalue weighted by atomic mass is 35.5. The normalized spacial score (nSPS) is 10.9. The molecule has 0 fully saturated rings. The summed E-state index contributed by atoms with van der Waals surface area (Å²) in [4.78, 5) is 12.6. The average molecular weight is 497 g/mol. The molecule has 4 rings (SSSR count). The van der Waals surface area contributed by atoms with Crippen molar-refractivity contribution in [3.05, 3.63) is 105 Å². The van der Waals surface area contributed by atoms with Gasteiger partial charge in [0.15, 0.2) is 11.0 Å². The molecule has 0 aliphatic rings. The van der Waals surface area contributed by atoms with Gasteiger partial charge in [-0.1, -0.05) is 71.4 Å². The standard InChI is InChI=1S/C25H22Cl2N4OS/c1-16-6-3-4-7-19(16)15-33-25-30-29-23(31(25)22-13-21(27)11-10-17(22)2)14-28-24(32)18-8-5-9-20(26)12-18/h3-13H,14-15H2,1-2H3,(H,28,32). The second-order valence-corrected chi connectivity index (χ2v) is 9.39. The van der Waals surface area contributed by atoms with Gasteiger partial charge in [-0.15, -0.1) is 10.2 Å². The summed E-state index contributed by atoms with van der Waals surface area (Å²) in [6, 6.07) is 20.8. The molecule has 4 aromatic rings. The predicted octanol–water partition coefficient (Wildman–Crippen LogP) is 6.41. The lowest BCUT2D eigenvalue weighted by Crippen LogP contribution is -2.24. The van der Waals surface area contributed by atoms with E-state index in [2.05, 4.69) is 34.6 Å². The lowest BCUT2D eigenvalue weighted by molar-refractivity contribution is 0.0949. The first-order valence-electron chi connectivity index (χ1n) is 10.3. The molecule has 1 aromatic heterocycles. The largest absolute Gasteiger partial charge is 0.345 e. The molecular weight excluding hydrogens is 475 g/mol. The van der Waals surface area contributed by atoms with Crippen LogP contribution in [0.2, 0.25) is 10.0 Å². The number of aromatic nitrogens is 3. The molecule has 1 amide bonds. The monoisotopic (exact) mass is 496 g/mol. The van der Waals surface area contributed by atoms with Crippen molar-refractivity contribution in [1.29, 1.82) is 0 Å². The SMILES string of the molecule is Cc1ccccc1CSc1nnc(CNC(=O)c2cccc(Cl)c2)n1-c1cc(Cl)ccc1C. The molecule has 8 heteroatoms. The fraction of sp³-hybridized carbons (Fsp3) is 0.160. The third-order valence-electron chi connectivity index (χ3n) is 5.22. The van der Waals surface area contributed by atoms with E-state index in [1.54, 1.807) is 36.0 Å². The number of carbonyl (C=O) groups is 1. The van der Waals surface area contributed by atoms with E-state index in [0.717, 1.165) is 22.2 Å². The molecule has 0 aliphatic heterocycles. The number of hydrogen-bond acceptors (Lipinski definition) is 4. The number of thioether (sulfide) groups is 1. The molecule has 0 radical (unpaired) electrons. The minimum absolute atomic E-state index is 0.204. The number of rotatable bonds is 7. The number of halogens is 2. The molecule has 0 spiro atoms. The topological polar surface area (TPSA) is 59.8 Å². The molecule has 3 aromatic carbocycles. The van der Waals surface area contributed by atoms with Gasteiger partial charge in [0, 0.05) is 21.4 Å². The van der Waals surface area contributed by atoms with E-state index >= 15 is 0 Å². The minimum atomic E-state index is -0.232.